The lowest BCUT2D eigenvalue weighted by Crippen LogP contribution is -2.26. The number of methoxy groups -OCH3 is 1. The summed E-state index contributed by atoms with van der Waals surface area (Å²) in [6.07, 6.45) is 1.68. The minimum absolute atomic E-state index is 0.203. The molecule has 1 N–H and O–H groups in total. The molecule has 7 heteroatoms. The number of nitrogens with zero attached hydrogens (tertiary/aromatic N) is 3. The van der Waals surface area contributed by atoms with Gasteiger partial charge in [0.25, 0.3) is 5.56 Å². The van der Waals surface area contributed by atoms with E-state index in [1.165, 1.54) is 11.8 Å². The molecule has 0 aliphatic carbocycles. The van der Waals surface area contributed by atoms with Crippen molar-refractivity contribution in [2.45, 2.75) is 31.3 Å². The van der Waals surface area contributed by atoms with Crippen molar-refractivity contribution in [3.8, 4) is 5.75 Å². The molecule has 0 amide bonds. The highest BCUT2D eigenvalue weighted by Crippen LogP contribution is 2.23. The highest BCUT2D eigenvalue weighted by Gasteiger charge is 2.13. The fourth-order valence-corrected chi connectivity index (χ4v) is 3.66. The van der Waals surface area contributed by atoms with E-state index < -0.39 is 0 Å². The van der Waals surface area contributed by atoms with E-state index in [4.69, 9.17) is 4.74 Å². The summed E-state index contributed by atoms with van der Waals surface area (Å²) < 4.78 is 6.77. The molecule has 0 bridgehead atoms. The van der Waals surface area contributed by atoms with Gasteiger partial charge < -0.3 is 10.1 Å². The molecule has 0 saturated heterocycles. The fourth-order valence-electron chi connectivity index (χ4n) is 2.76. The Balaban J connectivity index is 1.84. The summed E-state index contributed by atoms with van der Waals surface area (Å²) in [6.45, 7) is 8.16. The standard InChI is InChI=1S/C22H24N4O2S/c1-5-13-26-21(27)20(23-19-8-6-7-15(2)16(19)3)24-25-22(26)29-14-17-9-11-18(28-4)12-10-17/h5-12H,1,13-14H2,2-4H3,(H,23,24). The first-order valence-corrected chi connectivity index (χ1v) is 10.2. The van der Waals surface area contributed by atoms with Gasteiger partial charge >= 0.3 is 0 Å². The average Bonchev–Trinajstić information content (AvgIpc) is 2.74. The number of aryl methyl sites for hydroxylation is 1. The molecule has 1 aromatic heterocycles. The Morgan fingerprint density at radius 3 is 2.62 bits per heavy atom. The topological polar surface area (TPSA) is 69.0 Å². The quantitative estimate of drug-likeness (QED) is 0.438. The smallest absolute Gasteiger partial charge is 0.297 e. The van der Waals surface area contributed by atoms with E-state index in [0.717, 1.165) is 28.1 Å². The van der Waals surface area contributed by atoms with Gasteiger partial charge in [0, 0.05) is 18.0 Å². The van der Waals surface area contributed by atoms with Crippen LogP contribution >= 0.6 is 11.8 Å². The Morgan fingerprint density at radius 1 is 1.17 bits per heavy atom. The molecule has 2 aromatic carbocycles. The third-order valence-corrected chi connectivity index (χ3v) is 5.65. The number of thioether (sulfide) groups is 1. The number of benzene rings is 2. The average molecular weight is 409 g/mol. The molecule has 0 aliphatic rings. The van der Waals surface area contributed by atoms with Crippen LogP contribution in [-0.2, 0) is 12.3 Å². The van der Waals surface area contributed by atoms with Crippen molar-refractivity contribution in [1.82, 2.24) is 14.8 Å². The second-order valence-electron chi connectivity index (χ2n) is 6.54. The largest absolute Gasteiger partial charge is 0.497 e. The number of hydrogen-bond acceptors (Lipinski definition) is 6. The van der Waals surface area contributed by atoms with Gasteiger partial charge in [-0.05, 0) is 48.7 Å². The number of hydrogen-bond donors (Lipinski definition) is 1. The van der Waals surface area contributed by atoms with Crippen LogP contribution in [0.1, 0.15) is 16.7 Å². The molecule has 0 fully saturated rings. The molecule has 0 atom stereocenters. The Morgan fingerprint density at radius 2 is 1.93 bits per heavy atom. The zero-order valence-electron chi connectivity index (χ0n) is 16.8. The van der Waals surface area contributed by atoms with Gasteiger partial charge in [-0.2, -0.15) is 0 Å². The van der Waals surface area contributed by atoms with Crippen LogP contribution in [0.15, 0.2) is 65.1 Å². The van der Waals surface area contributed by atoms with Crippen molar-refractivity contribution in [2.75, 3.05) is 12.4 Å². The lowest BCUT2D eigenvalue weighted by atomic mass is 10.1. The van der Waals surface area contributed by atoms with Crippen LogP contribution in [0.4, 0.5) is 11.5 Å². The van der Waals surface area contributed by atoms with Crippen LogP contribution in [0, 0.1) is 13.8 Å². The molecule has 0 aliphatic heterocycles. The molecule has 3 rings (SSSR count). The predicted octanol–water partition coefficient (Wildman–Crippen LogP) is 4.49. The minimum Gasteiger partial charge on any atom is -0.497 e. The van der Waals surface area contributed by atoms with Gasteiger partial charge in [0.2, 0.25) is 5.82 Å². The second kappa shape index (κ2) is 9.43. The third kappa shape index (κ3) is 4.86. The molecule has 0 spiro atoms. The van der Waals surface area contributed by atoms with Gasteiger partial charge in [0.1, 0.15) is 5.75 Å². The predicted molar refractivity (Wildman–Crippen MR) is 118 cm³/mol. The van der Waals surface area contributed by atoms with Crippen LogP contribution in [0.5, 0.6) is 5.75 Å². The number of rotatable bonds is 8. The van der Waals surface area contributed by atoms with Crippen molar-refractivity contribution >= 4 is 23.3 Å². The van der Waals surface area contributed by atoms with Crippen molar-refractivity contribution in [2.24, 2.45) is 0 Å². The van der Waals surface area contributed by atoms with E-state index in [9.17, 15) is 4.79 Å². The molecule has 3 aromatic rings. The van der Waals surface area contributed by atoms with Gasteiger partial charge in [-0.25, -0.2) is 0 Å². The Kier molecular flexibility index (Phi) is 6.72. The Labute approximate surface area is 174 Å². The maximum Gasteiger partial charge on any atom is 0.297 e. The number of allylic oxidation sites excluding steroid dienone is 1. The first-order valence-electron chi connectivity index (χ1n) is 9.21. The summed E-state index contributed by atoms with van der Waals surface area (Å²) in [5, 5.41) is 12.1. The first kappa shape index (κ1) is 20.7. The SMILES string of the molecule is C=CCn1c(SCc2ccc(OC)cc2)nnc(Nc2cccc(C)c2C)c1=O. The summed E-state index contributed by atoms with van der Waals surface area (Å²) in [5.74, 6) is 1.68. The number of ether oxygens (including phenoxy) is 1. The van der Waals surface area contributed by atoms with Gasteiger partial charge in [0.05, 0.1) is 7.11 Å². The van der Waals surface area contributed by atoms with Gasteiger partial charge in [-0.1, -0.05) is 42.1 Å². The maximum atomic E-state index is 13.0. The van der Waals surface area contributed by atoms with E-state index in [0.29, 0.717) is 17.5 Å². The zero-order valence-corrected chi connectivity index (χ0v) is 17.6. The fraction of sp³-hybridized carbons (Fsp3) is 0.227. The molecule has 6 nitrogen and oxygen atoms in total. The number of nitrogens with one attached hydrogen (secondary N) is 1. The van der Waals surface area contributed by atoms with Crippen molar-refractivity contribution < 1.29 is 4.74 Å². The number of anilines is 2. The molecular weight excluding hydrogens is 384 g/mol. The monoisotopic (exact) mass is 408 g/mol. The van der Waals surface area contributed by atoms with Gasteiger partial charge in [-0.15, -0.1) is 16.8 Å². The lowest BCUT2D eigenvalue weighted by Gasteiger charge is -2.13. The molecule has 150 valence electrons. The van der Waals surface area contributed by atoms with Crippen molar-refractivity contribution in [3.05, 3.63) is 82.2 Å². The minimum atomic E-state index is -0.224. The summed E-state index contributed by atoms with van der Waals surface area (Å²) >= 11 is 1.46. The van der Waals surface area contributed by atoms with Crippen LogP contribution in [0.25, 0.3) is 0 Å². The third-order valence-electron chi connectivity index (χ3n) is 4.61. The van der Waals surface area contributed by atoms with E-state index >= 15 is 0 Å². The van der Waals surface area contributed by atoms with E-state index in [1.807, 2.05) is 56.3 Å². The molecule has 29 heavy (non-hydrogen) atoms. The maximum absolute atomic E-state index is 13.0. The summed E-state index contributed by atoms with van der Waals surface area (Å²) in [7, 11) is 1.64. The lowest BCUT2D eigenvalue weighted by molar-refractivity contribution is 0.414. The van der Waals surface area contributed by atoms with Gasteiger partial charge in [-0.3, -0.25) is 9.36 Å². The summed E-state index contributed by atoms with van der Waals surface area (Å²) in [6, 6.07) is 13.7. The molecule has 0 saturated carbocycles. The molecular formula is C22H24N4O2S. The van der Waals surface area contributed by atoms with Crippen LogP contribution in [0.3, 0.4) is 0 Å². The Bertz CT molecular complexity index is 1060. The zero-order chi connectivity index (χ0) is 20.8. The van der Waals surface area contributed by atoms with E-state index in [1.54, 1.807) is 17.8 Å². The van der Waals surface area contributed by atoms with E-state index in [-0.39, 0.29) is 11.4 Å². The van der Waals surface area contributed by atoms with Crippen LogP contribution in [-0.4, -0.2) is 21.9 Å². The van der Waals surface area contributed by atoms with Crippen LogP contribution in [0.2, 0.25) is 0 Å². The molecule has 1 heterocycles. The Hall–Kier alpha value is -3.06. The second-order valence-corrected chi connectivity index (χ2v) is 7.49. The first-order chi connectivity index (χ1) is 14.0. The highest BCUT2D eigenvalue weighted by atomic mass is 32.2. The van der Waals surface area contributed by atoms with Crippen molar-refractivity contribution in [3.63, 3.8) is 0 Å². The molecule has 0 radical (unpaired) electrons. The summed E-state index contributed by atoms with van der Waals surface area (Å²) in [4.78, 5) is 13.0. The van der Waals surface area contributed by atoms with E-state index in [2.05, 4.69) is 22.1 Å². The number of aromatic nitrogens is 3. The van der Waals surface area contributed by atoms with Crippen molar-refractivity contribution in [1.29, 1.82) is 0 Å². The summed E-state index contributed by atoms with van der Waals surface area (Å²) in [5.41, 5.74) is 3.94. The normalized spacial score (nSPS) is 10.6. The molecule has 0 unspecified atom stereocenters. The highest BCUT2D eigenvalue weighted by molar-refractivity contribution is 7.98. The van der Waals surface area contributed by atoms with Crippen LogP contribution < -0.4 is 15.6 Å². The van der Waals surface area contributed by atoms with Gasteiger partial charge in [0.15, 0.2) is 5.16 Å².